The van der Waals surface area contributed by atoms with Crippen LogP contribution in [0.3, 0.4) is 0 Å². The Morgan fingerprint density at radius 2 is 1.88 bits per heavy atom. The first kappa shape index (κ1) is 12.8. The SMILES string of the molecule is CSc1scc(-c2cc(Cl)cc(Cl)c2)c1C#N. The van der Waals surface area contributed by atoms with Crippen LogP contribution in [0.25, 0.3) is 11.1 Å². The van der Waals surface area contributed by atoms with Gasteiger partial charge in [-0.3, -0.25) is 0 Å². The topological polar surface area (TPSA) is 23.8 Å². The van der Waals surface area contributed by atoms with Crippen LogP contribution in [0.4, 0.5) is 0 Å². The number of nitriles is 1. The average molecular weight is 300 g/mol. The maximum absolute atomic E-state index is 9.20. The molecule has 0 N–H and O–H groups in total. The van der Waals surface area contributed by atoms with Crippen LogP contribution < -0.4 is 0 Å². The maximum atomic E-state index is 9.20. The van der Waals surface area contributed by atoms with Crippen molar-refractivity contribution < 1.29 is 0 Å². The summed E-state index contributed by atoms with van der Waals surface area (Å²) in [5.74, 6) is 0. The molecule has 86 valence electrons. The number of hydrogen-bond acceptors (Lipinski definition) is 3. The van der Waals surface area contributed by atoms with Crippen LogP contribution in [-0.2, 0) is 0 Å². The van der Waals surface area contributed by atoms with Gasteiger partial charge in [-0.25, -0.2) is 0 Å². The van der Waals surface area contributed by atoms with Gasteiger partial charge in [-0.1, -0.05) is 23.2 Å². The molecule has 0 bridgehead atoms. The minimum absolute atomic E-state index is 0.577. The van der Waals surface area contributed by atoms with Crippen LogP contribution in [0.5, 0.6) is 0 Å². The molecule has 0 aliphatic heterocycles. The Bertz CT molecular complexity index is 579. The molecular weight excluding hydrogens is 293 g/mol. The zero-order valence-corrected chi connectivity index (χ0v) is 12.0. The first-order valence-electron chi connectivity index (χ1n) is 4.67. The van der Waals surface area contributed by atoms with E-state index in [4.69, 9.17) is 23.2 Å². The smallest absolute Gasteiger partial charge is 0.102 e. The van der Waals surface area contributed by atoms with Crippen molar-refractivity contribution in [2.75, 3.05) is 6.26 Å². The number of rotatable bonds is 2. The molecule has 0 aliphatic carbocycles. The van der Waals surface area contributed by atoms with E-state index in [0.717, 1.165) is 15.3 Å². The van der Waals surface area contributed by atoms with Crippen LogP contribution in [0.1, 0.15) is 5.56 Å². The van der Waals surface area contributed by atoms with E-state index in [1.54, 1.807) is 29.2 Å². The number of benzene rings is 1. The summed E-state index contributed by atoms with van der Waals surface area (Å²) in [5, 5.41) is 12.3. The van der Waals surface area contributed by atoms with Crippen molar-refractivity contribution in [3.63, 3.8) is 0 Å². The van der Waals surface area contributed by atoms with Crippen LogP contribution in [0.15, 0.2) is 27.8 Å². The molecule has 1 heterocycles. The Labute approximate surface area is 118 Å². The summed E-state index contributed by atoms with van der Waals surface area (Å²) in [6.07, 6.45) is 1.96. The second kappa shape index (κ2) is 5.32. The lowest BCUT2D eigenvalue weighted by molar-refractivity contribution is 1.46. The highest BCUT2D eigenvalue weighted by Crippen LogP contribution is 2.37. The van der Waals surface area contributed by atoms with Crippen molar-refractivity contribution in [1.29, 1.82) is 5.26 Å². The van der Waals surface area contributed by atoms with Crippen molar-refractivity contribution >= 4 is 46.3 Å². The molecular formula is C12H7Cl2NS2. The van der Waals surface area contributed by atoms with Crippen molar-refractivity contribution in [2.24, 2.45) is 0 Å². The first-order chi connectivity index (χ1) is 8.15. The fraction of sp³-hybridized carbons (Fsp3) is 0.0833. The van der Waals surface area contributed by atoms with E-state index in [9.17, 15) is 5.26 Å². The van der Waals surface area contributed by atoms with E-state index in [1.165, 1.54) is 0 Å². The Morgan fingerprint density at radius 3 is 2.41 bits per heavy atom. The van der Waals surface area contributed by atoms with Gasteiger partial charge in [0.15, 0.2) is 0 Å². The maximum Gasteiger partial charge on any atom is 0.102 e. The Hall–Kier alpha value is -0.660. The minimum Gasteiger partial charge on any atom is -0.192 e. The normalized spacial score (nSPS) is 10.2. The molecule has 1 nitrogen and oxygen atoms in total. The summed E-state index contributed by atoms with van der Waals surface area (Å²) in [4.78, 5) is 0. The molecule has 0 saturated carbocycles. The molecule has 2 rings (SSSR count). The quantitative estimate of drug-likeness (QED) is 0.701. The van der Waals surface area contributed by atoms with Gasteiger partial charge in [0.05, 0.1) is 9.77 Å². The number of thiophene rings is 1. The molecule has 0 amide bonds. The number of nitrogens with zero attached hydrogens (tertiary/aromatic N) is 1. The van der Waals surface area contributed by atoms with Crippen molar-refractivity contribution in [2.45, 2.75) is 4.21 Å². The minimum atomic E-state index is 0.577. The van der Waals surface area contributed by atoms with E-state index >= 15 is 0 Å². The lowest BCUT2D eigenvalue weighted by atomic mass is 10.1. The van der Waals surface area contributed by atoms with Gasteiger partial charge >= 0.3 is 0 Å². The largest absolute Gasteiger partial charge is 0.192 e. The first-order valence-corrected chi connectivity index (χ1v) is 7.53. The molecule has 0 aliphatic rings. The molecule has 0 unspecified atom stereocenters. The Kier molecular flexibility index (Phi) is 4.01. The highest BCUT2D eigenvalue weighted by atomic mass is 35.5. The van der Waals surface area contributed by atoms with Gasteiger partial charge in [0.2, 0.25) is 0 Å². The molecule has 1 aromatic heterocycles. The number of thioether (sulfide) groups is 1. The molecule has 5 heteroatoms. The molecule has 0 saturated heterocycles. The van der Waals surface area contributed by atoms with Gasteiger partial charge in [-0.2, -0.15) is 5.26 Å². The van der Waals surface area contributed by atoms with Gasteiger partial charge < -0.3 is 0 Å². The van der Waals surface area contributed by atoms with Crippen molar-refractivity contribution in [3.8, 4) is 17.2 Å². The summed E-state index contributed by atoms with van der Waals surface area (Å²) < 4.78 is 1.01. The summed E-state index contributed by atoms with van der Waals surface area (Å²) in [7, 11) is 0. The van der Waals surface area contributed by atoms with E-state index in [-0.39, 0.29) is 0 Å². The summed E-state index contributed by atoms with van der Waals surface area (Å²) in [5.41, 5.74) is 2.47. The predicted molar refractivity (Wildman–Crippen MR) is 76.3 cm³/mol. The van der Waals surface area contributed by atoms with E-state index in [2.05, 4.69) is 6.07 Å². The molecule has 0 radical (unpaired) electrons. The monoisotopic (exact) mass is 299 g/mol. The molecule has 0 fully saturated rings. The fourth-order valence-corrected chi connectivity index (χ4v) is 3.69. The van der Waals surface area contributed by atoms with Crippen LogP contribution >= 0.6 is 46.3 Å². The second-order valence-electron chi connectivity index (χ2n) is 3.29. The van der Waals surface area contributed by atoms with Gasteiger partial charge in [-0.05, 0) is 30.0 Å². The highest BCUT2D eigenvalue weighted by Gasteiger charge is 2.13. The van der Waals surface area contributed by atoms with E-state index in [1.807, 2.05) is 23.8 Å². The average Bonchev–Trinajstić information content (AvgIpc) is 2.70. The molecule has 17 heavy (non-hydrogen) atoms. The van der Waals surface area contributed by atoms with Crippen LogP contribution in [0, 0.1) is 11.3 Å². The Balaban J connectivity index is 2.61. The summed E-state index contributed by atoms with van der Waals surface area (Å²) in [6.45, 7) is 0. The van der Waals surface area contributed by atoms with E-state index < -0.39 is 0 Å². The molecule has 1 aromatic carbocycles. The van der Waals surface area contributed by atoms with Gasteiger partial charge in [-0.15, -0.1) is 23.1 Å². The highest BCUT2D eigenvalue weighted by molar-refractivity contribution is 8.00. The third kappa shape index (κ3) is 2.61. The van der Waals surface area contributed by atoms with Gasteiger partial charge in [0, 0.05) is 21.0 Å². The fourth-order valence-electron chi connectivity index (χ4n) is 1.52. The van der Waals surface area contributed by atoms with Gasteiger partial charge in [0.25, 0.3) is 0 Å². The van der Waals surface area contributed by atoms with E-state index in [0.29, 0.717) is 15.6 Å². The number of hydrogen-bond donors (Lipinski definition) is 0. The van der Waals surface area contributed by atoms with Crippen molar-refractivity contribution in [1.82, 2.24) is 0 Å². The second-order valence-corrected chi connectivity index (χ2v) is 6.11. The van der Waals surface area contributed by atoms with Gasteiger partial charge in [0.1, 0.15) is 6.07 Å². The summed E-state index contributed by atoms with van der Waals surface area (Å²) >= 11 is 15.1. The number of halogens is 2. The zero-order valence-electron chi connectivity index (χ0n) is 8.83. The van der Waals surface area contributed by atoms with Crippen molar-refractivity contribution in [3.05, 3.63) is 39.2 Å². The molecule has 2 aromatic rings. The zero-order chi connectivity index (χ0) is 12.4. The third-order valence-electron chi connectivity index (χ3n) is 2.23. The third-order valence-corrected chi connectivity index (χ3v) is 4.80. The molecule has 0 atom stereocenters. The Morgan fingerprint density at radius 1 is 1.24 bits per heavy atom. The van der Waals surface area contributed by atoms with Crippen LogP contribution in [-0.4, -0.2) is 6.26 Å². The standard InChI is InChI=1S/C12H7Cl2NS2/c1-16-12-10(5-15)11(6-17-12)7-2-8(13)4-9(14)3-7/h2-4,6H,1H3. The summed E-state index contributed by atoms with van der Waals surface area (Å²) in [6, 6.07) is 7.56. The lowest BCUT2D eigenvalue weighted by Crippen LogP contribution is -1.81. The predicted octanol–water partition coefficient (Wildman–Crippen LogP) is 5.32. The lowest BCUT2D eigenvalue weighted by Gasteiger charge is -2.02. The molecule has 0 spiro atoms. The van der Waals surface area contributed by atoms with Crippen LogP contribution in [0.2, 0.25) is 10.0 Å².